The number of carbonyl (C=O) groups excluding carboxylic acids is 1. The van der Waals surface area contributed by atoms with E-state index in [9.17, 15) is 4.79 Å². The summed E-state index contributed by atoms with van der Waals surface area (Å²) in [6, 6.07) is 0.332. The van der Waals surface area contributed by atoms with Crippen molar-refractivity contribution in [3.63, 3.8) is 0 Å². The Bertz CT molecular complexity index is 143. The van der Waals surface area contributed by atoms with Crippen molar-refractivity contribution >= 4 is 5.91 Å². The quantitative estimate of drug-likeness (QED) is 0.583. The Morgan fingerprint density at radius 2 is 1.85 bits per heavy atom. The molecule has 0 aliphatic carbocycles. The standard InChI is InChI=1S/C11H23NO/c1-5-6-7-8-9-11(13)12(4)10(2)3/h10H,5-9H2,1-4H3. The Kier molecular flexibility index (Phi) is 6.65. The molecule has 0 atom stereocenters. The first-order chi connectivity index (χ1) is 6.09. The zero-order chi connectivity index (χ0) is 10.3. The third-order valence-electron chi connectivity index (χ3n) is 2.41. The van der Waals surface area contributed by atoms with Gasteiger partial charge in [-0.25, -0.2) is 0 Å². The van der Waals surface area contributed by atoms with Crippen LogP contribution in [0.2, 0.25) is 0 Å². The fourth-order valence-corrected chi connectivity index (χ4v) is 1.17. The van der Waals surface area contributed by atoms with Crippen molar-refractivity contribution < 1.29 is 4.79 Å². The molecule has 0 aromatic carbocycles. The lowest BCUT2D eigenvalue weighted by Crippen LogP contribution is -2.32. The second-order valence-electron chi connectivity index (χ2n) is 3.91. The average molecular weight is 185 g/mol. The first kappa shape index (κ1) is 12.5. The minimum Gasteiger partial charge on any atom is -0.343 e. The van der Waals surface area contributed by atoms with Crippen molar-refractivity contribution in [2.75, 3.05) is 7.05 Å². The van der Waals surface area contributed by atoms with Gasteiger partial charge < -0.3 is 4.90 Å². The highest BCUT2D eigenvalue weighted by atomic mass is 16.2. The summed E-state index contributed by atoms with van der Waals surface area (Å²) in [6.07, 6.45) is 5.43. The van der Waals surface area contributed by atoms with Gasteiger partial charge in [0.25, 0.3) is 0 Å². The van der Waals surface area contributed by atoms with Crippen LogP contribution in [0, 0.1) is 0 Å². The van der Waals surface area contributed by atoms with Crippen molar-refractivity contribution in [1.82, 2.24) is 4.90 Å². The molecule has 0 saturated carbocycles. The molecule has 0 aliphatic heterocycles. The summed E-state index contributed by atoms with van der Waals surface area (Å²) >= 11 is 0. The van der Waals surface area contributed by atoms with Crippen LogP contribution < -0.4 is 0 Å². The second-order valence-corrected chi connectivity index (χ2v) is 3.91. The molecule has 0 radical (unpaired) electrons. The van der Waals surface area contributed by atoms with E-state index in [1.165, 1.54) is 19.3 Å². The van der Waals surface area contributed by atoms with E-state index in [-0.39, 0.29) is 5.91 Å². The van der Waals surface area contributed by atoms with Crippen molar-refractivity contribution in [2.45, 2.75) is 58.9 Å². The maximum atomic E-state index is 11.5. The van der Waals surface area contributed by atoms with Crippen LogP contribution in [0.4, 0.5) is 0 Å². The van der Waals surface area contributed by atoms with Gasteiger partial charge in [0.05, 0.1) is 0 Å². The highest BCUT2D eigenvalue weighted by Gasteiger charge is 2.10. The van der Waals surface area contributed by atoms with Crippen LogP contribution in [0.1, 0.15) is 52.9 Å². The molecule has 13 heavy (non-hydrogen) atoms. The maximum absolute atomic E-state index is 11.5. The minimum absolute atomic E-state index is 0.283. The molecule has 1 amide bonds. The van der Waals surface area contributed by atoms with Gasteiger partial charge in [-0.15, -0.1) is 0 Å². The summed E-state index contributed by atoms with van der Waals surface area (Å²) in [4.78, 5) is 13.3. The van der Waals surface area contributed by atoms with Gasteiger partial charge in [0, 0.05) is 19.5 Å². The summed E-state index contributed by atoms with van der Waals surface area (Å²) in [6.45, 7) is 6.27. The van der Waals surface area contributed by atoms with Crippen LogP contribution in [0.25, 0.3) is 0 Å². The minimum atomic E-state index is 0.283. The Labute approximate surface area is 82.3 Å². The fourth-order valence-electron chi connectivity index (χ4n) is 1.17. The largest absolute Gasteiger partial charge is 0.343 e. The lowest BCUT2D eigenvalue weighted by molar-refractivity contribution is -0.131. The molecule has 2 heteroatoms. The first-order valence-electron chi connectivity index (χ1n) is 5.35. The number of rotatable bonds is 6. The van der Waals surface area contributed by atoms with Crippen LogP contribution in [0.15, 0.2) is 0 Å². The second kappa shape index (κ2) is 6.93. The molecule has 0 aromatic rings. The SMILES string of the molecule is CCCCCCC(=O)N(C)C(C)C. The number of carbonyl (C=O) groups is 1. The monoisotopic (exact) mass is 185 g/mol. The summed E-state index contributed by atoms with van der Waals surface area (Å²) in [5, 5.41) is 0. The predicted molar refractivity (Wildman–Crippen MR) is 56.7 cm³/mol. The van der Waals surface area contributed by atoms with E-state index in [4.69, 9.17) is 0 Å². The first-order valence-corrected chi connectivity index (χ1v) is 5.35. The predicted octanol–water partition coefficient (Wildman–Crippen LogP) is 2.82. The summed E-state index contributed by atoms with van der Waals surface area (Å²) in [5.74, 6) is 0.283. The van der Waals surface area contributed by atoms with E-state index in [0.717, 1.165) is 6.42 Å². The zero-order valence-electron chi connectivity index (χ0n) is 9.47. The maximum Gasteiger partial charge on any atom is 0.222 e. The molecule has 0 N–H and O–H groups in total. The Balaban J connectivity index is 3.50. The van der Waals surface area contributed by atoms with E-state index in [0.29, 0.717) is 12.5 Å². The van der Waals surface area contributed by atoms with Gasteiger partial charge >= 0.3 is 0 Å². The topological polar surface area (TPSA) is 20.3 Å². The van der Waals surface area contributed by atoms with Crippen LogP contribution in [0.3, 0.4) is 0 Å². The molecular formula is C11H23NO. The number of nitrogens with zero attached hydrogens (tertiary/aromatic N) is 1. The normalized spacial score (nSPS) is 10.5. The van der Waals surface area contributed by atoms with Crippen molar-refractivity contribution in [2.24, 2.45) is 0 Å². The lowest BCUT2D eigenvalue weighted by atomic mass is 10.1. The van der Waals surface area contributed by atoms with Crippen LogP contribution in [0.5, 0.6) is 0 Å². The van der Waals surface area contributed by atoms with E-state index in [1.54, 1.807) is 0 Å². The number of hydrogen-bond acceptors (Lipinski definition) is 1. The molecule has 0 saturated heterocycles. The molecule has 0 aromatic heterocycles. The molecule has 0 rings (SSSR count). The zero-order valence-corrected chi connectivity index (χ0v) is 9.47. The molecule has 0 unspecified atom stereocenters. The highest BCUT2D eigenvalue weighted by molar-refractivity contribution is 5.76. The van der Waals surface area contributed by atoms with Gasteiger partial charge in [0.2, 0.25) is 5.91 Å². The van der Waals surface area contributed by atoms with E-state index in [2.05, 4.69) is 6.92 Å². The molecule has 0 heterocycles. The third kappa shape index (κ3) is 5.67. The van der Waals surface area contributed by atoms with E-state index >= 15 is 0 Å². The molecule has 78 valence electrons. The molecule has 0 bridgehead atoms. The van der Waals surface area contributed by atoms with Crippen LogP contribution in [-0.4, -0.2) is 23.9 Å². The molecular weight excluding hydrogens is 162 g/mol. The molecule has 0 spiro atoms. The van der Waals surface area contributed by atoms with E-state index < -0.39 is 0 Å². The van der Waals surface area contributed by atoms with Gasteiger partial charge in [0.1, 0.15) is 0 Å². The van der Waals surface area contributed by atoms with Gasteiger partial charge in [0.15, 0.2) is 0 Å². The van der Waals surface area contributed by atoms with Gasteiger partial charge in [-0.1, -0.05) is 26.2 Å². The lowest BCUT2D eigenvalue weighted by Gasteiger charge is -2.21. The average Bonchev–Trinajstić information content (AvgIpc) is 2.10. The van der Waals surface area contributed by atoms with Gasteiger partial charge in [-0.2, -0.15) is 0 Å². The van der Waals surface area contributed by atoms with Crippen LogP contribution in [-0.2, 0) is 4.79 Å². The summed E-state index contributed by atoms with van der Waals surface area (Å²) in [5.41, 5.74) is 0. The van der Waals surface area contributed by atoms with Crippen LogP contribution >= 0.6 is 0 Å². The van der Waals surface area contributed by atoms with E-state index in [1.807, 2.05) is 25.8 Å². The number of hydrogen-bond donors (Lipinski definition) is 0. The summed E-state index contributed by atoms with van der Waals surface area (Å²) < 4.78 is 0. The Hall–Kier alpha value is -0.530. The number of unbranched alkanes of at least 4 members (excludes halogenated alkanes) is 3. The van der Waals surface area contributed by atoms with Crippen molar-refractivity contribution in [1.29, 1.82) is 0 Å². The Morgan fingerprint density at radius 1 is 1.23 bits per heavy atom. The number of amides is 1. The van der Waals surface area contributed by atoms with Crippen molar-refractivity contribution in [3.05, 3.63) is 0 Å². The third-order valence-corrected chi connectivity index (χ3v) is 2.41. The van der Waals surface area contributed by atoms with Gasteiger partial charge in [-0.3, -0.25) is 4.79 Å². The summed E-state index contributed by atoms with van der Waals surface area (Å²) in [7, 11) is 1.88. The molecule has 2 nitrogen and oxygen atoms in total. The Morgan fingerprint density at radius 3 is 2.31 bits per heavy atom. The highest BCUT2D eigenvalue weighted by Crippen LogP contribution is 2.05. The van der Waals surface area contributed by atoms with Crippen molar-refractivity contribution in [3.8, 4) is 0 Å². The molecule has 0 fully saturated rings. The smallest absolute Gasteiger partial charge is 0.222 e. The molecule has 0 aliphatic rings. The fraction of sp³-hybridized carbons (Fsp3) is 0.909. The van der Waals surface area contributed by atoms with Gasteiger partial charge in [-0.05, 0) is 20.3 Å².